The van der Waals surface area contributed by atoms with Crippen LogP contribution in [0, 0.1) is 5.92 Å². The first-order chi connectivity index (χ1) is 8.71. The molecule has 1 fully saturated rings. The van der Waals surface area contributed by atoms with Gasteiger partial charge in [-0.05, 0) is 18.8 Å². The number of anilines is 2. The van der Waals surface area contributed by atoms with Crippen molar-refractivity contribution in [1.82, 2.24) is 9.97 Å². The molecule has 2 atom stereocenters. The van der Waals surface area contributed by atoms with Crippen LogP contribution in [0.4, 0.5) is 11.8 Å². The zero-order chi connectivity index (χ0) is 13.0. The number of nitrogens with one attached hydrogen (secondary N) is 1. The first kappa shape index (κ1) is 12.9. The van der Waals surface area contributed by atoms with Crippen molar-refractivity contribution in [3.8, 4) is 5.88 Å². The number of nitrogen functional groups attached to an aromatic ring is 1. The third kappa shape index (κ3) is 3.24. The Balaban J connectivity index is 2.02. The van der Waals surface area contributed by atoms with E-state index >= 15 is 0 Å². The molecule has 100 valence electrons. The predicted octanol–water partition coefficient (Wildman–Crippen LogP) is 2.45. The van der Waals surface area contributed by atoms with Crippen molar-refractivity contribution in [1.29, 1.82) is 0 Å². The Bertz CT molecular complexity index is 397. The molecule has 0 amide bonds. The van der Waals surface area contributed by atoms with Crippen molar-refractivity contribution in [3.05, 3.63) is 6.07 Å². The molecule has 0 saturated heterocycles. The van der Waals surface area contributed by atoms with E-state index in [1.807, 2.05) is 0 Å². The van der Waals surface area contributed by atoms with Crippen LogP contribution in [0.5, 0.6) is 5.88 Å². The number of aromatic nitrogens is 2. The number of hydrogen-bond acceptors (Lipinski definition) is 5. The Morgan fingerprint density at radius 1 is 1.44 bits per heavy atom. The number of rotatable bonds is 4. The van der Waals surface area contributed by atoms with Crippen LogP contribution in [-0.4, -0.2) is 23.1 Å². The van der Waals surface area contributed by atoms with Crippen LogP contribution >= 0.6 is 0 Å². The molecule has 1 aromatic heterocycles. The second-order valence-electron chi connectivity index (χ2n) is 4.94. The van der Waals surface area contributed by atoms with Crippen LogP contribution in [0.3, 0.4) is 0 Å². The summed E-state index contributed by atoms with van der Waals surface area (Å²) in [4.78, 5) is 8.18. The molecule has 2 unspecified atom stereocenters. The summed E-state index contributed by atoms with van der Waals surface area (Å²) < 4.78 is 5.10. The van der Waals surface area contributed by atoms with Gasteiger partial charge in [-0.1, -0.05) is 26.2 Å². The minimum atomic E-state index is 0.250. The summed E-state index contributed by atoms with van der Waals surface area (Å²) in [6.45, 7) is 2.26. The van der Waals surface area contributed by atoms with Crippen LogP contribution in [0.25, 0.3) is 0 Å². The number of nitrogens with two attached hydrogens (primary N) is 1. The highest BCUT2D eigenvalue weighted by molar-refractivity contribution is 5.43. The van der Waals surface area contributed by atoms with Crippen LogP contribution in [0.2, 0.25) is 0 Å². The molecule has 5 heteroatoms. The fraction of sp³-hybridized carbons (Fsp3) is 0.692. The van der Waals surface area contributed by atoms with Gasteiger partial charge in [-0.3, -0.25) is 0 Å². The fourth-order valence-corrected chi connectivity index (χ4v) is 2.62. The van der Waals surface area contributed by atoms with Crippen molar-refractivity contribution in [2.45, 2.75) is 45.1 Å². The average Bonchev–Trinajstić information content (AvgIpc) is 2.38. The van der Waals surface area contributed by atoms with Crippen LogP contribution in [0.15, 0.2) is 6.07 Å². The molecule has 18 heavy (non-hydrogen) atoms. The van der Waals surface area contributed by atoms with Gasteiger partial charge in [0.25, 0.3) is 0 Å². The smallest absolute Gasteiger partial charge is 0.225 e. The molecule has 0 radical (unpaired) electrons. The zero-order valence-electron chi connectivity index (χ0n) is 11.1. The SMILES string of the molecule is CCC1CCCC(Nc2cc(OC)nc(N)n2)C1. The van der Waals surface area contributed by atoms with E-state index in [1.54, 1.807) is 13.2 Å². The lowest BCUT2D eigenvalue weighted by atomic mass is 9.84. The van der Waals surface area contributed by atoms with Gasteiger partial charge in [0.1, 0.15) is 5.82 Å². The Hall–Kier alpha value is -1.52. The number of methoxy groups -OCH3 is 1. The second kappa shape index (κ2) is 5.89. The van der Waals surface area contributed by atoms with Gasteiger partial charge in [-0.15, -0.1) is 0 Å². The predicted molar refractivity (Wildman–Crippen MR) is 72.7 cm³/mol. The van der Waals surface area contributed by atoms with Gasteiger partial charge >= 0.3 is 0 Å². The maximum atomic E-state index is 5.65. The normalized spacial score (nSPS) is 23.7. The lowest BCUT2D eigenvalue weighted by Gasteiger charge is -2.29. The Morgan fingerprint density at radius 3 is 3.00 bits per heavy atom. The molecule has 0 aromatic carbocycles. The van der Waals surface area contributed by atoms with E-state index in [1.165, 1.54) is 32.1 Å². The maximum Gasteiger partial charge on any atom is 0.225 e. The molecular weight excluding hydrogens is 228 g/mol. The molecule has 5 nitrogen and oxygen atoms in total. The van der Waals surface area contributed by atoms with Gasteiger partial charge < -0.3 is 15.8 Å². The minimum Gasteiger partial charge on any atom is -0.481 e. The van der Waals surface area contributed by atoms with Crippen molar-refractivity contribution >= 4 is 11.8 Å². The average molecular weight is 250 g/mol. The van der Waals surface area contributed by atoms with Crippen molar-refractivity contribution in [3.63, 3.8) is 0 Å². The number of hydrogen-bond donors (Lipinski definition) is 2. The molecule has 1 aromatic rings. The van der Waals surface area contributed by atoms with Gasteiger partial charge in [-0.2, -0.15) is 9.97 Å². The van der Waals surface area contributed by atoms with Gasteiger partial charge in [0.05, 0.1) is 7.11 Å². The van der Waals surface area contributed by atoms with E-state index in [0.29, 0.717) is 11.9 Å². The van der Waals surface area contributed by atoms with E-state index in [-0.39, 0.29) is 5.95 Å². The van der Waals surface area contributed by atoms with Gasteiger partial charge in [0, 0.05) is 12.1 Å². The molecule has 0 bridgehead atoms. The highest BCUT2D eigenvalue weighted by atomic mass is 16.5. The van der Waals surface area contributed by atoms with Crippen molar-refractivity contribution < 1.29 is 4.74 Å². The molecule has 1 aliphatic carbocycles. The summed E-state index contributed by atoms with van der Waals surface area (Å²) >= 11 is 0. The first-order valence-electron chi connectivity index (χ1n) is 6.66. The number of nitrogens with zero attached hydrogens (tertiary/aromatic N) is 2. The van der Waals surface area contributed by atoms with Gasteiger partial charge in [0.2, 0.25) is 11.8 Å². The summed E-state index contributed by atoms with van der Waals surface area (Å²) in [5, 5.41) is 3.45. The van der Waals surface area contributed by atoms with Crippen molar-refractivity contribution in [2.75, 3.05) is 18.2 Å². The summed E-state index contributed by atoms with van der Waals surface area (Å²) in [5.74, 6) is 2.35. The standard InChI is InChI=1S/C13H22N4O/c1-3-9-5-4-6-10(7-9)15-11-8-12(18-2)17-13(14)16-11/h8-10H,3-7H2,1-2H3,(H3,14,15,16,17). The highest BCUT2D eigenvalue weighted by Gasteiger charge is 2.21. The lowest BCUT2D eigenvalue weighted by Crippen LogP contribution is -2.27. The van der Waals surface area contributed by atoms with E-state index in [4.69, 9.17) is 10.5 Å². The van der Waals surface area contributed by atoms with Gasteiger partial charge in [0.15, 0.2) is 0 Å². The Labute approximate surface area is 108 Å². The summed E-state index contributed by atoms with van der Waals surface area (Å²) in [5.41, 5.74) is 5.65. The monoisotopic (exact) mass is 250 g/mol. The molecular formula is C13H22N4O. The second-order valence-corrected chi connectivity index (χ2v) is 4.94. The molecule has 2 rings (SSSR count). The van der Waals surface area contributed by atoms with Gasteiger partial charge in [-0.25, -0.2) is 0 Å². The fourth-order valence-electron chi connectivity index (χ4n) is 2.62. The largest absolute Gasteiger partial charge is 0.481 e. The third-order valence-corrected chi connectivity index (χ3v) is 3.64. The summed E-state index contributed by atoms with van der Waals surface area (Å²) in [6, 6.07) is 2.29. The highest BCUT2D eigenvalue weighted by Crippen LogP contribution is 2.28. The van der Waals surface area contributed by atoms with E-state index in [0.717, 1.165) is 11.7 Å². The molecule has 0 aliphatic heterocycles. The Kier molecular flexibility index (Phi) is 4.23. The van der Waals surface area contributed by atoms with Crippen molar-refractivity contribution in [2.24, 2.45) is 5.92 Å². The van der Waals surface area contributed by atoms with Crippen LogP contribution < -0.4 is 15.8 Å². The number of ether oxygens (including phenoxy) is 1. The molecule has 0 spiro atoms. The minimum absolute atomic E-state index is 0.250. The molecule has 1 heterocycles. The third-order valence-electron chi connectivity index (χ3n) is 3.64. The molecule has 1 saturated carbocycles. The maximum absolute atomic E-state index is 5.65. The quantitative estimate of drug-likeness (QED) is 0.858. The van der Waals surface area contributed by atoms with Crippen LogP contribution in [0.1, 0.15) is 39.0 Å². The molecule has 1 aliphatic rings. The first-order valence-corrected chi connectivity index (χ1v) is 6.66. The van der Waals surface area contributed by atoms with E-state index in [9.17, 15) is 0 Å². The summed E-state index contributed by atoms with van der Waals surface area (Å²) in [6.07, 6.45) is 6.30. The zero-order valence-corrected chi connectivity index (χ0v) is 11.1. The molecule has 3 N–H and O–H groups in total. The van der Waals surface area contributed by atoms with E-state index in [2.05, 4.69) is 22.2 Å². The topological polar surface area (TPSA) is 73.1 Å². The Morgan fingerprint density at radius 2 is 2.28 bits per heavy atom. The van der Waals surface area contributed by atoms with E-state index < -0.39 is 0 Å². The van der Waals surface area contributed by atoms with Crippen LogP contribution in [-0.2, 0) is 0 Å². The lowest BCUT2D eigenvalue weighted by molar-refractivity contribution is 0.327. The summed E-state index contributed by atoms with van der Waals surface area (Å²) in [7, 11) is 1.58.